The molecule has 0 heterocycles. The Morgan fingerprint density at radius 3 is 2.34 bits per heavy atom. The molecule has 160 valence electrons. The van der Waals surface area contributed by atoms with Gasteiger partial charge in [-0.15, -0.1) is 24.0 Å². The molecule has 0 aliphatic heterocycles. The first-order valence-electron chi connectivity index (χ1n) is 9.53. The molecule has 0 aliphatic carbocycles. The lowest BCUT2D eigenvalue weighted by atomic mass is 10.1. The highest BCUT2D eigenvalue weighted by atomic mass is 127. The van der Waals surface area contributed by atoms with Crippen LogP contribution in [-0.2, 0) is 17.8 Å². The highest BCUT2D eigenvalue weighted by Gasteiger charge is 2.06. The van der Waals surface area contributed by atoms with E-state index >= 15 is 0 Å². The number of methoxy groups -OCH3 is 1. The Bertz CT molecular complexity index is 751. The number of rotatable bonds is 10. The fraction of sp³-hybridized carbons (Fsp3) is 0.409. The van der Waals surface area contributed by atoms with Crippen LogP contribution in [0, 0.1) is 6.92 Å². The molecular formula is C22H32IN3O3. The summed E-state index contributed by atoms with van der Waals surface area (Å²) in [6, 6.07) is 14.2. The number of hydrogen-bond acceptors (Lipinski definition) is 4. The molecule has 2 N–H and O–H groups in total. The van der Waals surface area contributed by atoms with Gasteiger partial charge in [0.15, 0.2) is 5.96 Å². The molecule has 0 radical (unpaired) electrons. The topological polar surface area (TPSA) is 64.1 Å². The molecule has 0 spiro atoms. The van der Waals surface area contributed by atoms with E-state index in [1.165, 1.54) is 5.56 Å². The summed E-state index contributed by atoms with van der Waals surface area (Å²) >= 11 is 0. The fourth-order valence-corrected chi connectivity index (χ4v) is 2.63. The second-order valence-corrected chi connectivity index (χ2v) is 6.31. The molecule has 2 aromatic carbocycles. The fourth-order valence-electron chi connectivity index (χ4n) is 2.63. The van der Waals surface area contributed by atoms with Crippen LogP contribution in [-0.4, -0.2) is 39.9 Å². The summed E-state index contributed by atoms with van der Waals surface area (Å²) in [5.41, 5.74) is 3.43. The number of guanidine groups is 1. The van der Waals surface area contributed by atoms with Crippen LogP contribution < -0.4 is 20.1 Å². The Hall–Kier alpha value is -2.00. The maximum atomic E-state index is 5.74. The van der Waals surface area contributed by atoms with Gasteiger partial charge >= 0.3 is 0 Å². The van der Waals surface area contributed by atoms with E-state index < -0.39 is 0 Å². The second-order valence-electron chi connectivity index (χ2n) is 6.31. The molecule has 0 amide bonds. The lowest BCUT2D eigenvalue weighted by Crippen LogP contribution is -2.36. The average Bonchev–Trinajstić information content (AvgIpc) is 2.71. The van der Waals surface area contributed by atoms with Gasteiger partial charge in [0.05, 0.1) is 13.2 Å². The largest absolute Gasteiger partial charge is 0.494 e. The Morgan fingerprint density at radius 1 is 0.966 bits per heavy atom. The van der Waals surface area contributed by atoms with Gasteiger partial charge in [0.25, 0.3) is 0 Å². The van der Waals surface area contributed by atoms with Crippen LogP contribution in [0.5, 0.6) is 11.5 Å². The summed E-state index contributed by atoms with van der Waals surface area (Å²) in [7, 11) is 3.43. The van der Waals surface area contributed by atoms with Crippen LogP contribution in [0.2, 0.25) is 0 Å². The monoisotopic (exact) mass is 513 g/mol. The summed E-state index contributed by atoms with van der Waals surface area (Å²) in [5, 5.41) is 6.67. The third-order valence-electron chi connectivity index (χ3n) is 4.13. The molecule has 0 saturated carbocycles. The molecule has 0 unspecified atom stereocenters. The highest BCUT2D eigenvalue weighted by Crippen LogP contribution is 2.20. The van der Waals surface area contributed by atoms with E-state index in [0.29, 0.717) is 32.9 Å². The molecule has 2 aromatic rings. The van der Waals surface area contributed by atoms with Gasteiger partial charge in [-0.1, -0.05) is 24.3 Å². The maximum Gasteiger partial charge on any atom is 0.191 e. The number of hydrogen-bond donors (Lipinski definition) is 2. The zero-order valence-electron chi connectivity index (χ0n) is 17.7. The minimum absolute atomic E-state index is 0. The van der Waals surface area contributed by atoms with Crippen LogP contribution in [0.3, 0.4) is 0 Å². The summed E-state index contributed by atoms with van der Waals surface area (Å²) in [6.45, 7) is 7.15. The predicted octanol–water partition coefficient (Wildman–Crippen LogP) is 3.90. The van der Waals surface area contributed by atoms with Crippen molar-refractivity contribution >= 4 is 29.9 Å². The summed E-state index contributed by atoms with van der Waals surface area (Å²) in [4.78, 5) is 4.29. The van der Waals surface area contributed by atoms with Crippen molar-refractivity contribution in [3.63, 3.8) is 0 Å². The first kappa shape index (κ1) is 25.0. The van der Waals surface area contributed by atoms with Gasteiger partial charge < -0.3 is 24.8 Å². The lowest BCUT2D eigenvalue weighted by Gasteiger charge is -2.15. The van der Waals surface area contributed by atoms with Gasteiger partial charge in [-0.2, -0.15) is 0 Å². The van der Waals surface area contributed by atoms with E-state index in [0.717, 1.165) is 28.6 Å². The molecule has 0 atom stereocenters. The van der Waals surface area contributed by atoms with Crippen LogP contribution in [0.4, 0.5) is 0 Å². The molecule has 0 aliphatic rings. The van der Waals surface area contributed by atoms with E-state index in [1.807, 2.05) is 31.2 Å². The minimum Gasteiger partial charge on any atom is -0.494 e. The highest BCUT2D eigenvalue weighted by molar-refractivity contribution is 14.0. The van der Waals surface area contributed by atoms with Crippen molar-refractivity contribution < 1.29 is 14.2 Å². The van der Waals surface area contributed by atoms with Crippen molar-refractivity contribution in [2.45, 2.75) is 26.9 Å². The van der Waals surface area contributed by atoms with Crippen LogP contribution >= 0.6 is 24.0 Å². The smallest absolute Gasteiger partial charge is 0.191 e. The maximum absolute atomic E-state index is 5.74. The van der Waals surface area contributed by atoms with Gasteiger partial charge in [-0.3, -0.25) is 4.99 Å². The van der Waals surface area contributed by atoms with E-state index in [4.69, 9.17) is 14.2 Å². The molecule has 6 nitrogen and oxygen atoms in total. The van der Waals surface area contributed by atoms with Crippen molar-refractivity contribution in [3.05, 3.63) is 59.2 Å². The van der Waals surface area contributed by atoms with E-state index in [1.54, 1.807) is 14.2 Å². The van der Waals surface area contributed by atoms with Crippen LogP contribution in [0.25, 0.3) is 0 Å². The molecule has 7 heteroatoms. The number of benzene rings is 2. The van der Waals surface area contributed by atoms with Gasteiger partial charge in [0.2, 0.25) is 0 Å². The molecule has 0 fully saturated rings. The summed E-state index contributed by atoms with van der Waals surface area (Å²) < 4.78 is 16.3. The van der Waals surface area contributed by atoms with E-state index in [-0.39, 0.29) is 24.0 Å². The van der Waals surface area contributed by atoms with Crippen molar-refractivity contribution in [1.29, 1.82) is 0 Å². The first-order valence-corrected chi connectivity index (χ1v) is 9.53. The van der Waals surface area contributed by atoms with Gasteiger partial charge in [0.1, 0.15) is 18.1 Å². The standard InChI is InChI=1S/C22H31N3O3.HI/c1-5-27-21-14-17(2)6-9-19(21)16-25-22(23-3)24-15-18-7-10-20(11-8-18)28-13-12-26-4;/h6-11,14H,5,12-13,15-16H2,1-4H3,(H2,23,24,25);1H. The van der Waals surface area contributed by atoms with Gasteiger partial charge in [-0.05, 0) is 43.2 Å². The van der Waals surface area contributed by atoms with Crippen molar-refractivity contribution in [2.24, 2.45) is 4.99 Å². The summed E-state index contributed by atoms with van der Waals surface area (Å²) in [6.07, 6.45) is 0. The molecular weight excluding hydrogens is 481 g/mol. The number of halogens is 1. The lowest BCUT2D eigenvalue weighted by molar-refractivity contribution is 0.146. The Balaban J connectivity index is 0.00000420. The summed E-state index contributed by atoms with van der Waals surface area (Å²) in [5.74, 6) is 2.49. The number of ether oxygens (including phenoxy) is 3. The molecule has 0 saturated heterocycles. The number of aliphatic imine (C=N–C) groups is 1. The van der Waals surface area contributed by atoms with E-state index in [2.05, 4.69) is 40.7 Å². The SMILES string of the molecule is CCOc1cc(C)ccc1CNC(=NC)NCc1ccc(OCCOC)cc1.I. The second kappa shape index (κ2) is 14.1. The van der Waals surface area contributed by atoms with Crippen molar-refractivity contribution in [2.75, 3.05) is 34.0 Å². The Labute approximate surface area is 191 Å². The number of nitrogens with zero attached hydrogens (tertiary/aromatic N) is 1. The Kier molecular flexibility index (Phi) is 12.1. The van der Waals surface area contributed by atoms with Crippen LogP contribution in [0.15, 0.2) is 47.5 Å². The third kappa shape index (κ3) is 8.91. The molecule has 0 aromatic heterocycles. The number of aryl methyl sites for hydroxylation is 1. The zero-order valence-corrected chi connectivity index (χ0v) is 20.0. The molecule has 2 rings (SSSR count). The third-order valence-corrected chi connectivity index (χ3v) is 4.13. The van der Waals surface area contributed by atoms with Gasteiger partial charge in [-0.25, -0.2) is 0 Å². The first-order chi connectivity index (χ1) is 13.7. The Morgan fingerprint density at radius 2 is 1.69 bits per heavy atom. The molecule has 29 heavy (non-hydrogen) atoms. The number of nitrogens with one attached hydrogen (secondary N) is 2. The normalized spacial score (nSPS) is 10.8. The average molecular weight is 513 g/mol. The minimum atomic E-state index is 0. The quantitative estimate of drug-likeness (QED) is 0.219. The predicted molar refractivity (Wildman–Crippen MR) is 129 cm³/mol. The van der Waals surface area contributed by atoms with Crippen molar-refractivity contribution in [1.82, 2.24) is 10.6 Å². The zero-order chi connectivity index (χ0) is 20.2. The van der Waals surface area contributed by atoms with Crippen molar-refractivity contribution in [3.8, 4) is 11.5 Å². The molecule has 0 bridgehead atoms. The van der Waals surface area contributed by atoms with E-state index in [9.17, 15) is 0 Å². The van der Waals surface area contributed by atoms with Crippen LogP contribution in [0.1, 0.15) is 23.6 Å². The van der Waals surface area contributed by atoms with Gasteiger partial charge in [0, 0.05) is 32.8 Å².